The standard InChI is InChI=1S/C15H20Cl2NO/c1-18(2)9-10-4-3-5-11(6-10)12-7-13(16)15(19)14(17)8-12/h7-8,11,19H,3-6,9H2,1-2H3. The predicted molar refractivity (Wildman–Crippen MR) is 81.1 cm³/mol. The van der Waals surface area contributed by atoms with Gasteiger partial charge in [-0.2, -0.15) is 0 Å². The molecule has 1 aliphatic rings. The summed E-state index contributed by atoms with van der Waals surface area (Å²) in [6.07, 6.45) is 4.68. The minimum atomic E-state index is -0.0135. The molecule has 1 aromatic carbocycles. The van der Waals surface area contributed by atoms with Crippen molar-refractivity contribution in [1.82, 2.24) is 4.90 Å². The Balaban J connectivity index is 2.13. The van der Waals surface area contributed by atoms with Crippen molar-refractivity contribution in [2.75, 3.05) is 20.6 Å². The number of phenols is 1. The lowest BCUT2D eigenvalue weighted by molar-refractivity contribution is 0.362. The highest BCUT2D eigenvalue weighted by atomic mass is 35.5. The van der Waals surface area contributed by atoms with Gasteiger partial charge in [0.15, 0.2) is 5.75 Å². The van der Waals surface area contributed by atoms with E-state index in [0.717, 1.165) is 24.9 Å². The summed E-state index contributed by atoms with van der Waals surface area (Å²) in [5.74, 6) is 2.04. The Labute approximate surface area is 125 Å². The van der Waals surface area contributed by atoms with Crippen LogP contribution < -0.4 is 0 Å². The maximum atomic E-state index is 9.62. The van der Waals surface area contributed by atoms with Crippen LogP contribution >= 0.6 is 23.2 Å². The van der Waals surface area contributed by atoms with Crippen molar-refractivity contribution in [3.05, 3.63) is 33.7 Å². The highest BCUT2D eigenvalue weighted by molar-refractivity contribution is 6.37. The van der Waals surface area contributed by atoms with Crippen molar-refractivity contribution in [3.8, 4) is 5.75 Å². The zero-order chi connectivity index (χ0) is 14.0. The molecule has 105 valence electrons. The zero-order valence-electron chi connectivity index (χ0n) is 11.4. The average Bonchev–Trinajstić information content (AvgIpc) is 2.35. The molecule has 19 heavy (non-hydrogen) atoms. The Morgan fingerprint density at radius 3 is 2.47 bits per heavy atom. The van der Waals surface area contributed by atoms with Crippen molar-refractivity contribution >= 4 is 23.2 Å². The van der Waals surface area contributed by atoms with Crippen molar-refractivity contribution < 1.29 is 5.11 Å². The van der Waals surface area contributed by atoms with E-state index in [4.69, 9.17) is 23.2 Å². The highest BCUT2D eigenvalue weighted by Crippen LogP contribution is 2.41. The van der Waals surface area contributed by atoms with Gasteiger partial charge in [0.25, 0.3) is 0 Å². The number of phenolic OH excluding ortho intramolecular Hbond substituents is 1. The lowest BCUT2D eigenvalue weighted by atomic mass is 9.78. The number of hydrogen-bond donors (Lipinski definition) is 1. The summed E-state index contributed by atoms with van der Waals surface area (Å²) in [7, 11) is 4.20. The normalized spacial score (nSPS) is 21.0. The monoisotopic (exact) mass is 300 g/mol. The molecular weight excluding hydrogens is 281 g/mol. The lowest BCUT2D eigenvalue weighted by Gasteiger charge is -2.31. The second-order valence-electron chi connectivity index (χ2n) is 5.61. The second-order valence-corrected chi connectivity index (χ2v) is 6.43. The first-order valence-corrected chi connectivity index (χ1v) is 7.39. The molecular formula is C15H20Cl2NO. The van der Waals surface area contributed by atoms with Gasteiger partial charge in [-0.05, 0) is 62.9 Å². The summed E-state index contributed by atoms with van der Waals surface area (Å²) >= 11 is 12.0. The smallest absolute Gasteiger partial charge is 0.152 e. The first-order valence-electron chi connectivity index (χ1n) is 6.63. The Bertz CT molecular complexity index is 425. The third-order valence-electron chi connectivity index (χ3n) is 3.67. The highest BCUT2D eigenvalue weighted by Gasteiger charge is 2.25. The van der Waals surface area contributed by atoms with Crippen LogP contribution in [0.1, 0.15) is 37.2 Å². The number of aromatic hydroxyl groups is 1. The molecule has 0 spiro atoms. The molecule has 1 aromatic rings. The number of halogens is 2. The number of rotatable bonds is 3. The van der Waals surface area contributed by atoms with Gasteiger partial charge in [0, 0.05) is 6.54 Å². The van der Waals surface area contributed by atoms with Gasteiger partial charge < -0.3 is 10.0 Å². The quantitative estimate of drug-likeness (QED) is 0.889. The van der Waals surface area contributed by atoms with E-state index in [1.165, 1.54) is 12.8 Å². The minimum Gasteiger partial charge on any atom is -0.505 e. The van der Waals surface area contributed by atoms with E-state index in [0.29, 0.717) is 16.0 Å². The number of nitrogens with zero attached hydrogens (tertiary/aromatic N) is 1. The molecule has 1 atom stereocenters. The van der Waals surface area contributed by atoms with Crippen molar-refractivity contribution in [2.45, 2.75) is 31.6 Å². The largest absolute Gasteiger partial charge is 0.505 e. The summed E-state index contributed by atoms with van der Waals surface area (Å²) < 4.78 is 0. The van der Waals surface area contributed by atoms with Crippen LogP contribution in [0.15, 0.2) is 12.1 Å². The van der Waals surface area contributed by atoms with Gasteiger partial charge >= 0.3 is 0 Å². The van der Waals surface area contributed by atoms with Crippen molar-refractivity contribution in [3.63, 3.8) is 0 Å². The molecule has 1 saturated carbocycles. The van der Waals surface area contributed by atoms with E-state index >= 15 is 0 Å². The van der Waals surface area contributed by atoms with Crippen molar-refractivity contribution in [1.29, 1.82) is 0 Å². The fourth-order valence-electron chi connectivity index (χ4n) is 2.85. The molecule has 2 rings (SSSR count). The first-order chi connectivity index (χ1) is 8.97. The van der Waals surface area contributed by atoms with E-state index in [1.54, 1.807) is 5.92 Å². The molecule has 0 amide bonds. The third-order valence-corrected chi connectivity index (χ3v) is 4.24. The molecule has 1 fully saturated rings. The Kier molecular flexibility index (Phi) is 4.99. The fraction of sp³-hybridized carbons (Fsp3) is 0.533. The van der Waals surface area contributed by atoms with Crippen LogP contribution in [0.4, 0.5) is 0 Å². The van der Waals surface area contributed by atoms with Crippen molar-refractivity contribution in [2.24, 2.45) is 0 Å². The molecule has 1 aliphatic carbocycles. The topological polar surface area (TPSA) is 23.5 Å². The number of hydrogen-bond acceptors (Lipinski definition) is 2. The van der Waals surface area contributed by atoms with E-state index in [2.05, 4.69) is 19.0 Å². The molecule has 1 N–H and O–H groups in total. The SMILES string of the molecule is CN(C)C[C]1CCCC(c2cc(Cl)c(O)c(Cl)c2)C1. The number of benzene rings is 1. The summed E-state index contributed by atoms with van der Waals surface area (Å²) in [6, 6.07) is 3.71. The zero-order valence-corrected chi connectivity index (χ0v) is 12.9. The third kappa shape index (κ3) is 3.77. The van der Waals surface area contributed by atoms with E-state index in [1.807, 2.05) is 12.1 Å². The molecule has 0 aromatic heterocycles. The van der Waals surface area contributed by atoms with Gasteiger partial charge in [0.05, 0.1) is 10.0 Å². The maximum absolute atomic E-state index is 9.62. The van der Waals surface area contributed by atoms with Crippen LogP contribution in [0.5, 0.6) is 5.75 Å². The summed E-state index contributed by atoms with van der Waals surface area (Å²) in [5, 5.41) is 10.3. The molecule has 4 heteroatoms. The van der Waals surface area contributed by atoms with Crippen LogP contribution in [0.2, 0.25) is 10.0 Å². The van der Waals surface area contributed by atoms with Crippen LogP contribution in [0, 0.1) is 5.92 Å². The minimum absolute atomic E-state index is 0.0135. The van der Waals surface area contributed by atoms with Gasteiger partial charge in [-0.15, -0.1) is 0 Å². The maximum Gasteiger partial charge on any atom is 0.152 e. The summed E-state index contributed by atoms with van der Waals surface area (Å²) in [5.41, 5.74) is 1.14. The average molecular weight is 301 g/mol. The van der Waals surface area contributed by atoms with Gasteiger partial charge in [-0.1, -0.05) is 29.6 Å². The molecule has 0 saturated heterocycles. The molecule has 0 aliphatic heterocycles. The molecule has 2 nitrogen and oxygen atoms in total. The summed E-state index contributed by atoms with van der Waals surface area (Å²) in [6.45, 7) is 1.05. The van der Waals surface area contributed by atoms with Crippen LogP contribution in [-0.2, 0) is 0 Å². The molecule has 1 radical (unpaired) electrons. The van der Waals surface area contributed by atoms with Gasteiger partial charge in [0.2, 0.25) is 0 Å². The van der Waals surface area contributed by atoms with Crippen LogP contribution in [0.25, 0.3) is 0 Å². The molecule has 0 bridgehead atoms. The van der Waals surface area contributed by atoms with Gasteiger partial charge in [0.1, 0.15) is 0 Å². The molecule has 0 heterocycles. The Morgan fingerprint density at radius 2 is 1.89 bits per heavy atom. The molecule has 1 unspecified atom stereocenters. The van der Waals surface area contributed by atoms with E-state index in [-0.39, 0.29) is 5.75 Å². The van der Waals surface area contributed by atoms with Crippen LogP contribution in [-0.4, -0.2) is 30.6 Å². The second kappa shape index (κ2) is 6.34. The van der Waals surface area contributed by atoms with E-state index < -0.39 is 0 Å². The lowest BCUT2D eigenvalue weighted by Crippen LogP contribution is -2.24. The van der Waals surface area contributed by atoms with Gasteiger partial charge in [-0.25, -0.2) is 0 Å². The van der Waals surface area contributed by atoms with E-state index in [9.17, 15) is 5.11 Å². The van der Waals surface area contributed by atoms with Crippen LogP contribution in [0.3, 0.4) is 0 Å². The Hall–Kier alpha value is -0.440. The van der Waals surface area contributed by atoms with Gasteiger partial charge in [-0.3, -0.25) is 0 Å². The Morgan fingerprint density at radius 1 is 1.26 bits per heavy atom. The predicted octanol–water partition coefficient (Wildman–Crippen LogP) is 4.49. The fourth-order valence-corrected chi connectivity index (χ4v) is 3.35. The first kappa shape index (κ1) is 15.0. The summed E-state index contributed by atoms with van der Waals surface area (Å²) in [4.78, 5) is 2.22.